The number of hydrogen-bond donors (Lipinski definition) is 1. The molecule has 4 heteroatoms. The van der Waals surface area contributed by atoms with Crippen molar-refractivity contribution in [2.75, 3.05) is 6.26 Å². The number of carbonyl (C=O) groups excluding carboxylic acids is 1. The molecule has 0 saturated carbocycles. The molecule has 0 aliphatic rings. The minimum absolute atomic E-state index is 0.0410. The van der Waals surface area contributed by atoms with Gasteiger partial charge in [-0.25, -0.2) is 4.98 Å². The Kier molecular flexibility index (Phi) is 4.79. The van der Waals surface area contributed by atoms with E-state index in [-0.39, 0.29) is 11.9 Å². The molecule has 0 saturated heterocycles. The number of nitrogens with zero attached hydrogens (tertiary/aromatic N) is 1. The van der Waals surface area contributed by atoms with E-state index in [1.165, 1.54) is 4.90 Å². The number of aryl methyl sites for hydroxylation is 1. The van der Waals surface area contributed by atoms with E-state index < -0.39 is 0 Å². The molecule has 1 unspecified atom stereocenters. The molecule has 1 aromatic carbocycles. The second-order valence-electron chi connectivity index (χ2n) is 4.63. The first-order valence-electron chi connectivity index (χ1n) is 6.48. The Morgan fingerprint density at radius 3 is 2.50 bits per heavy atom. The largest absolute Gasteiger partial charge is 0.344 e. The molecular formula is C16H18N2OS. The summed E-state index contributed by atoms with van der Waals surface area (Å²) in [5.74, 6) is -0.143. The summed E-state index contributed by atoms with van der Waals surface area (Å²) in [4.78, 5) is 17.6. The third kappa shape index (κ3) is 3.61. The van der Waals surface area contributed by atoms with E-state index in [1.807, 2.05) is 44.4 Å². The highest BCUT2D eigenvalue weighted by Crippen LogP contribution is 2.19. The quantitative estimate of drug-likeness (QED) is 0.873. The van der Waals surface area contributed by atoms with Gasteiger partial charge in [-0.3, -0.25) is 4.79 Å². The first-order chi connectivity index (χ1) is 9.60. The molecular weight excluding hydrogens is 268 g/mol. The van der Waals surface area contributed by atoms with Crippen molar-refractivity contribution in [3.05, 3.63) is 59.4 Å². The fourth-order valence-corrected chi connectivity index (χ4v) is 2.32. The van der Waals surface area contributed by atoms with Crippen molar-refractivity contribution in [2.45, 2.75) is 24.8 Å². The Morgan fingerprint density at radius 2 is 1.90 bits per heavy atom. The Labute approximate surface area is 123 Å². The number of hydrogen-bond acceptors (Lipinski definition) is 3. The molecule has 104 valence electrons. The maximum absolute atomic E-state index is 12.1. The lowest BCUT2D eigenvalue weighted by molar-refractivity contribution is 0.0934. The first kappa shape index (κ1) is 14.6. The topological polar surface area (TPSA) is 42.0 Å². The smallest absolute Gasteiger partial charge is 0.270 e. The van der Waals surface area contributed by atoms with Crippen LogP contribution in [0.25, 0.3) is 0 Å². The van der Waals surface area contributed by atoms with Crippen LogP contribution in [-0.4, -0.2) is 17.1 Å². The van der Waals surface area contributed by atoms with Crippen LogP contribution in [0.4, 0.5) is 0 Å². The van der Waals surface area contributed by atoms with Gasteiger partial charge in [0.25, 0.3) is 5.91 Å². The van der Waals surface area contributed by atoms with Crippen LogP contribution >= 0.6 is 11.8 Å². The van der Waals surface area contributed by atoms with E-state index in [9.17, 15) is 4.79 Å². The molecule has 1 atom stereocenters. The predicted octanol–water partition coefficient (Wildman–Crippen LogP) is 3.60. The Balaban J connectivity index is 2.06. The molecule has 2 rings (SSSR count). The van der Waals surface area contributed by atoms with Gasteiger partial charge in [-0.1, -0.05) is 18.2 Å². The molecule has 1 heterocycles. The standard InChI is InChI=1S/C16H18N2OS/c1-11-5-4-6-15(17-11)16(19)18-12(2)13-7-9-14(20-3)10-8-13/h4-10,12H,1-3H3,(H,18,19). The summed E-state index contributed by atoms with van der Waals surface area (Å²) < 4.78 is 0. The van der Waals surface area contributed by atoms with E-state index in [0.29, 0.717) is 5.69 Å². The maximum atomic E-state index is 12.1. The van der Waals surface area contributed by atoms with Gasteiger partial charge in [0.2, 0.25) is 0 Å². The SMILES string of the molecule is CSc1ccc(C(C)NC(=O)c2cccc(C)n2)cc1. The highest BCUT2D eigenvalue weighted by molar-refractivity contribution is 7.98. The minimum Gasteiger partial charge on any atom is -0.344 e. The van der Waals surface area contributed by atoms with E-state index in [0.717, 1.165) is 11.3 Å². The monoisotopic (exact) mass is 286 g/mol. The molecule has 0 spiro atoms. The highest BCUT2D eigenvalue weighted by atomic mass is 32.2. The predicted molar refractivity (Wildman–Crippen MR) is 83.1 cm³/mol. The van der Waals surface area contributed by atoms with Crippen LogP contribution in [0, 0.1) is 6.92 Å². The maximum Gasteiger partial charge on any atom is 0.270 e. The lowest BCUT2D eigenvalue weighted by Crippen LogP contribution is -2.27. The van der Waals surface area contributed by atoms with Crippen molar-refractivity contribution in [1.29, 1.82) is 0 Å². The molecule has 0 aliphatic carbocycles. The molecule has 0 bridgehead atoms. The van der Waals surface area contributed by atoms with Crippen molar-refractivity contribution < 1.29 is 4.79 Å². The number of benzene rings is 1. The number of aromatic nitrogens is 1. The van der Waals surface area contributed by atoms with Gasteiger partial charge in [0, 0.05) is 10.6 Å². The van der Waals surface area contributed by atoms with Crippen LogP contribution in [0.1, 0.15) is 34.7 Å². The van der Waals surface area contributed by atoms with Gasteiger partial charge in [0.1, 0.15) is 5.69 Å². The van der Waals surface area contributed by atoms with Gasteiger partial charge in [-0.2, -0.15) is 0 Å². The highest BCUT2D eigenvalue weighted by Gasteiger charge is 2.12. The Bertz CT molecular complexity index is 596. The third-order valence-corrected chi connectivity index (χ3v) is 3.83. The lowest BCUT2D eigenvalue weighted by atomic mass is 10.1. The molecule has 3 nitrogen and oxygen atoms in total. The number of thioether (sulfide) groups is 1. The fraction of sp³-hybridized carbons (Fsp3) is 0.250. The van der Waals surface area contributed by atoms with E-state index in [4.69, 9.17) is 0 Å². The molecule has 0 radical (unpaired) electrons. The van der Waals surface area contributed by atoms with Crippen molar-refractivity contribution in [1.82, 2.24) is 10.3 Å². The summed E-state index contributed by atoms with van der Waals surface area (Å²) in [7, 11) is 0. The van der Waals surface area contributed by atoms with Crippen LogP contribution in [0.3, 0.4) is 0 Å². The summed E-state index contributed by atoms with van der Waals surface area (Å²) in [6, 6.07) is 13.6. The number of carbonyl (C=O) groups is 1. The normalized spacial score (nSPS) is 11.9. The number of amides is 1. The van der Waals surface area contributed by atoms with Crippen LogP contribution < -0.4 is 5.32 Å². The third-order valence-electron chi connectivity index (χ3n) is 3.08. The van der Waals surface area contributed by atoms with Crippen molar-refractivity contribution in [2.24, 2.45) is 0 Å². The summed E-state index contributed by atoms with van der Waals surface area (Å²) in [5.41, 5.74) is 2.39. The zero-order valence-electron chi connectivity index (χ0n) is 11.9. The second kappa shape index (κ2) is 6.57. The van der Waals surface area contributed by atoms with Crippen molar-refractivity contribution >= 4 is 17.7 Å². The van der Waals surface area contributed by atoms with Crippen LogP contribution in [0.5, 0.6) is 0 Å². The average molecular weight is 286 g/mol. The number of pyridine rings is 1. The zero-order chi connectivity index (χ0) is 14.5. The zero-order valence-corrected chi connectivity index (χ0v) is 12.7. The van der Waals surface area contributed by atoms with Gasteiger partial charge in [0.15, 0.2) is 0 Å². The van der Waals surface area contributed by atoms with Gasteiger partial charge in [-0.15, -0.1) is 11.8 Å². The summed E-state index contributed by atoms with van der Waals surface area (Å²) in [6.45, 7) is 3.85. The number of rotatable bonds is 4. The molecule has 20 heavy (non-hydrogen) atoms. The van der Waals surface area contributed by atoms with Crippen LogP contribution in [-0.2, 0) is 0 Å². The van der Waals surface area contributed by atoms with E-state index >= 15 is 0 Å². The fourth-order valence-electron chi connectivity index (χ4n) is 1.92. The van der Waals surface area contributed by atoms with E-state index in [1.54, 1.807) is 17.8 Å². The molecule has 1 amide bonds. The minimum atomic E-state index is -0.143. The van der Waals surface area contributed by atoms with Crippen molar-refractivity contribution in [3.63, 3.8) is 0 Å². The lowest BCUT2D eigenvalue weighted by Gasteiger charge is -2.14. The summed E-state index contributed by atoms with van der Waals surface area (Å²) in [6.07, 6.45) is 2.05. The summed E-state index contributed by atoms with van der Waals surface area (Å²) >= 11 is 1.70. The second-order valence-corrected chi connectivity index (χ2v) is 5.51. The van der Waals surface area contributed by atoms with Gasteiger partial charge in [-0.05, 0) is 49.9 Å². The Morgan fingerprint density at radius 1 is 1.20 bits per heavy atom. The Hall–Kier alpha value is -1.81. The first-order valence-corrected chi connectivity index (χ1v) is 7.71. The summed E-state index contributed by atoms with van der Waals surface area (Å²) in [5, 5.41) is 2.97. The molecule has 0 fully saturated rings. The average Bonchev–Trinajstić information content (AvgIpc) is 2.47. The molecule has 0 aliphatic heterocycles. The van der Waals surface area contributed by atoms with Crippen LogP contribution in [0.15, 0.2) is 47.4 Å². The van der Waals surface area contributed by atoms with Crippen molar-refractivity contribution in [3.8, 4) is 0 Å². The van der Waals surface area contributed by atoms with Crippen LogP contribution in [0.2, 0.25) is 0 Å². The van der Waals surface area contributed by atoms with E-state index in [2.05, 4.69) is 22.4 Å². The molecule has 1 aromatic heterocycles. The van der Waals surface area contributed by atoms with Gasteiger partial charge in [0.05, 0.1) is 6.04 Å². The van der Waals surface area contributed by atoms with Gasteiger partial charge >= 0.3 is 0 Å². The van der Waals surface area contributed by atoms with Gasteiger partial charge < -0.3 is 5.32 Å². The molecule has 1 N–H and O–H groups in total. The molecule has 2 aromatic rings. The number of nitrogens with one attached hydrogen (secondary N) is 1.